The van der Waals surface area contributed by atoms with Crippen LogP contribution in [0.25, 0.3) is 0 Å². The third kappa shape index (κ3) is 4.01. The van der Waals surface area contributed by atoms with Crippen LogP contribution in [-0.4, -0.2) is 26.8 Å². The minimum Gasteiger partial charge on any atom is -0.350 e. The highest BCUT2D eigenvalue weighted by atomic mass is 79.9. The number of nitrogens with zero attached hydrogens (tertiary/aromatic N) is 3. The van der Waals surface area contributed by atoms with Gasteiger partial charge in [0.05, 0.1) is 6.54 Å². The average Bonchev–Trinajstić information content (AvgIpc) is 2.76. The Balaban J connectivity index is 2.01. The molecule has 0 saturated heterocycles. The molecular formula is C13H12BrF3N4O2. The van der Waals surface area contributed by atoms with E-state index < -0.39 is 23.6 Å². The van der Waals surface area contributed by atoms with E-state index in [0.29, 0.717) is 14.8 Å². The van der Waals surface area contributed by atoms with Crippen molar-refractivity contribution in [3.63, 3.8) is 0 Å². The van der Waals surface area contributed by atoms with Crippen LogP contribution in [-0.2, 0) is 19.8 Å². The maximum atomic E-state index is 12.6. The molecule has 1 N–H and O–H groups in total. The predicted octanol–water partition coefficient (Wildman–Crippen LogP) is 1.79. The first-order valence-corrected chi connectivity index (χ1v) is 7.24. The lowest BCUT2D eigenvalue weighted by atomic mass is 10.2. The number of hydrogen-bond donors (Lipinski definition) is 1. The minimum absolute atomic E-state index is 0.0247. The molecule has 0 radical (unpaired) electrons. The van der Waals surface area contributed by atoms with Crippen LogP contribution < -0.4 is 11.0 Å². The maximum absolute atomic E-state index is 12.6. The number of hydrogen-bond acceptors (Lipinski definition) is 3. The Morgan fingerprint density at radius 2 is 1.91 bits per heavy atom. The fourth-order valence-electron chi connectivity index (χ4n) is 1.86. The van der Waals surface area contributed by atoms with Gasteiger partial charge in [-0.2, -0.15) is 13.2 Å². The second-order valence-electron chi connectivity index (χ2n) is 4.65. The van der Waals surface area contributed by atoms with Gasteiger partial charge in [-0.3, -0.25) is 9.36 Å². The minimum atomic E-state index is -4.71. The molecule has 2 aromatic rings. The van der Waals surface area contributed by atoms with Gasteiger partial charge < -0.3 is 5.32 Å². The Hall–Kier alpha value is -2.10. The molecule has 6 nitrogen and oxygen atoms in total. The van der Waals surface area contributed by atoms with Gasteiger partial charge in [-0.25, -0.2) is 9.48 Å². The molecular weight excluding hydrogens is 381 g/mol. The van der Waals surface area contributed by atoms with Crippen molar-refractivity contribution in [1.82, 2.24) is 19.7 Å². The summed E-state index contributed by atoms with van der Waals surface area (Å²) in [5.74, 6) is -1.67. The largest absolute Gasteiger partial charge is 0.451 e. The van der Waals surface area contributed by atoms with Crippen LogP contribution in [0.3, 0.4) is 0 Å². The molecule has 1 amide bonds. The summed E-state index contributed by atoms with van der Waals surface area (Å²) in [5, 5.41) is 5.76. The van der Waals surface area contributed by atoms with E-state index in [0.717, 1.165) is 11.5 Å². The monoisotopic (exact) mass is 392 g/mol. The zero-order valence-corrected chi connectivity index (χ0v) is 13.5. The van der Waals surface area contributed by atoms with Gasteiger partial charge in [0.2, 0.25) is 5.82 Å². The van der Waals surface area contributed by atoms with Crippen LogP contribution in [0, 0.1) is 0 Å². The topological polar surface area (TPSA) is 68.9 Å². The zero-order valence-electron chi connectivity index (χ0n) is 11.9. The van der Waals surface area contributed by atoms with Crippen LogP contribution in [0.15, 0.2) is 33.5 Å². The summed E-state index contributed by atoms with van der Waals surface area (Å²) in [6.07, 6.45) is -4.71. The van der Waals surface area contributed by atoms with Crippen LogP contribution in [0.2, 0.25) is 0 Å². The van der Waals surface area contributed by atoms with Gasteiger partial charge in [-0.15, -0.1) is 5.10 Å². The molecule has 23 heavy (non-hydrogen) atoms. The van der Waals surface area contributed by atoms with Gasteiger partial charge in [0, 0.05) is 23.6 Å². The van der Waals surface area contributed by atoms with Gasteiger partial charge in [0.15, 0.2) is 0 Å². The number of carbonyl (C=O) groups excluding carboxylic acids is 1. The molecule has 0 fully saturated rings. The molecule has 0 aliphatic heterocycles. The number of nitrogens with one attached hydrogen (secondary N) is 1. The van der Waals surface area contributed by atoms with Crippen molar-refractivity contribution in [2.24, 2.45) is 7.05 Å². The first kappa shape index (κ1) is 17.3. The summed E-state index contributed by atoms with van der Waals surface area (Å²) in [4.78, 5) is 23.5. The standard InChI is InChI=1S/C13H12BrF3N4O2/c1-20-11(13(15,16)17)19-21(12(20)23)7-6-18-10(22)8-2-4-9(14)5-3-8/h2-5H,6-7H2,1H3,(H,18,22). The molecule has 10 heteroatoms. The highest BCUT2D eigenvalue weighted by Gasteiger charge is 2.37. The Morgan fingerprint density at radius 1 is 1.30 bits per heavy atom. The molecule has 0 unspecified atom stereocenters. The molecule has 0 aliphatic rings. The number of rotatable bonds is 4. The SMILES string of the molecule is Cn1c(C(F)(F)F)nn(CCNC(=O)c2ccc(Br)cc2)c1=O. The Morgan fingerprint density at radius 3 is 2.43 bits per heavy atom. The smallest absolute Gasteiger partial charge is 0.350 e. The van der Waals surface area contributed by atoms with E-state index >= 15 is 0 Å². The number of carbonyl (C=O) groups is 1. The van der Waals surface area contributed by atoms with Crippen molar-refractivity contribution >= 4 is 21.8 Å². The summed E-state index contributed by atoms with van der Waals surface area (Å²) in [5.41, 5.74) is -0.493. The molecule has 0 atom stereocenters. The highest BCUT2D eigenvalue weighted by Crippen LogP contribution is 2.25. The summed E-state index contributed by atoms with van der Waals surface area (Å²) >= 11 is 3.24. The van der Waals surface area contributed by atoms with Crippen molar-refractivity contribution in [2.75, 3.05) is 6.54 Å². The first-order chi connectivity index (χ1) is 10.7. The lowest BCUT2D eigenvalue weighted by molar-refractivity contribution is -0.147. The number of benzene rings is 1. The van der Waals surface area contributed by atoms with E-state index in [1.54, 1.807) is 24.3 Å². The van der Waals surface area contributed by atoms with E-state index in [2.05, 4.69) is 26.3 Å². The van der Waals surface area contributed by atoms with E-state index in [-0.39, 0.29) is 13.1 Å². The molecule has 1 aromatic heterocycles. The molecule has 0 bridgehead atoms. The fourth-order valence-corrected chi connectivity index (χ4v) is 2.12. The third-order valence-corrected chi connectivity index (χ3v) is 3.54. The lowest BCUT2D eigenvalue weighted by Gasteiger charge is -2.05. The molecule has 0 aliphatic carbocycles. The average molecular weight is 393 g/mol. The first-order valence-electron chi connectivity index (χ1n) is 6.45. The molecule has 0 spiro atoms. The zero-order chi connectivity index (χ0) is 17.2. The van der Waals surface area contributed by atoms with Gasteiger partial charge in [-0.05, 0) is 24.3 Å². The number of aromatic nitrogens is 3. The van der Waals surface area contributed by atoms with E-state index in [4.69, 9.17) is 0 Å². The second-order valence-corrected chi connectivity index (χ2v) is 5.56. The summed E-state index contributed by atoms with van der Waals surface area (Å²) in [6.45, 7) is -0.186. The van der Waals surface area contributed by atoms with Crippen molar-refractivity contribution < 1.29 is 18.0 Å². The maximum Gasteiger partial charge on any atom is 0.451 e. The molecule has 124 valence electrons. The van der Waals surface area contributed by atoms with E-state index in [1.807, 2.05) is 0 Å². The van der Waals surface area contributed by atoms with Gasteiger partial charge >= 0.3 is 11.9 Å². The molecule has 1 aromatic carbocycles. The van der Waals surface area contributed by atoms with Gasteiger partial charge in [-0.1, -0.05) is 15.9 Å². The molecule has 1 heterocycles. The van der Waals surface area contributed by atoms with Crippen LogP contribution in [0.5, 0.6) is 0 Å². The normalized spacial score (nSPS) is 11.5. The second kappa shape index (κ2) is 6.57. The van der Waals surface area contributed by atoms with Gasteiger partial charge in [0.1, 0.15) is 0 Å². The lowest BCUT2D eigenvalue weighted by Crippen LogP contribution is -2.31. The quantitative estimate of drug-likeness (QED) is 0.862. The summed E-state index contributed by atoms with van der Waals surface area (Å²) in [7, 11) is 0.995. The Labute approximate surface area is 137 Å². The summed E-state index contributed by atoms with van der Waals surface area (Å²) in [6, 6.07) is 6.56. The van der Waals surface area contributed by atoms with Crippen molar-refractivity contribution in [3.05, 3.63) is 50.6 Å². The number of amides is 1. The number of alkyl halides is 3. The van der Waals surface area contributed by atoms with E-state index in [9.17, 15) is 22.8 Å². The van der Waals surface area contributed by atoms with Crippen molar-refractivity contribution in [3.8, 4) is 0 Å². The number of halogens is 4. The van der Waals surface area contributed by atoms with Crippen LogP contribution in [0.4, 0.5) is 13.2 Å². The highest BCUT2D eigenvalue weighted by molar-refractivity contribution is 9.10. The van der Waals surface area contributed by atoms with Crippen LogP contribution in [0.1, 0.15) is 16.2 Å². The Bertz CT molecular complexity index is 765. The van der Waals surface area contributed by atoms with E-state index in [1.165, 1.54) is 0 Å². The van der Waals surface area contributed by atoms with Crippen molar-refractivity contribution in [2.45, 2.75) is 12.7 Å². The summed E-state index contributed by atoms with van der Waals surface area (Å²) < 4.78 is 39.8. The van der Waals surface area contributed by atoms with Crippen LogP contribution >= 0.6 is 15.9 Å². The van der Waals surface area contributed by atoms with Crippen molar-refractivity contribution in [1.29, 1.82) is 0 Å². The molecule has 0 saturated carbocycles. The predicted molar refractivity (Wildman–Crippen MR) is 78.9 cm³/mol. The third-order valence-electron chi connectivity index (χ3n) is 3.01. The molecule has 2 rings (SSSR count). The Kier molecular flexibility index (Phi) is 4.93. The van der Waals surface area contributed by atoms with Gasteiger partial charge in [0.25, 0.3) is 5.91 Å². The fraction of sp³-hybridized carbons (Fsp3) is 0.308.